The van der Waals surface area contributed by atoms with Gasteiger partial charge in [-0.25, -0.2) is 17.8 Å². The maximum absolute atomic E-state index is 14.1. The van der Waals surface area contributed by atoms with E-state index >= 15 is 0 Å². The highest BCUT2D eigenvalue weighted by Crippen LogP contribution is 2.30. The largest absolute Gasteiger partial charge is 0.474 e. The van der Waals surface area contributed by atoms with Gasteiger partial charge < -0.3 is 9.47 Å². The number of nitrogens with one attached hydrogen (secondary N) is 2. The number of sulfonamides is 1. The molecule has 182 valence electrons. The van der Waals surface area contributed by atoms with Crippen molar-refractivity contribution in [3.05, 3.63) is 59.0 Å². The number of aromatic amines is 1. The molecule has 12 heteroatoms. The summed E-state index contributed by atoms with van der Waals surface area (Å²) < 4.78 is 53.3. The number of hydrogen-bond donors (Lipinski definition) is 2. The molecule has 5 rings (SSSR count). The molecule has 0 unspecified atom stereocenters. The van der Waals surface area contributed by atoms with Crippen LogP contribution in [0, 0.1) is 12.7 Å². The van der Waals surface area contributed by atoms with Crippen LogP contribution in [0.5, 0.6) is 5.88 Å². The van der Waals surface area contributed by atoms with Gasteiger partial charge in [-0.15, -0.1) is 0 Å². The molecule has 0 amide bonds. The van der Waals surface area contributed by atoms with Crippen molar-refractivity contribution in [1.82, 2.24) is 20.2 Å². The van der Waals surface area contributed by atoms with Gasteiger partial charge in [0, 0.05) is 34.8 Å². The quantitative estimate of drug-likeness (QED) is 0.387. The molecule has 0 bridgehead atoms. The number of nitrogens with zero attached hydrogens (tertiary/aromatic N) is 3. The topological polar surface area (TPSA) is 119 Å². The van der Waals surface area contributed by atoms with Crippen LogP contribution in [0.25, 0.3) is 22.4 Å². The first-order valence-corrected chi connectivity index (χ1v) is 12.7. The molecule has 2 N–H and O–H groups in total. The van der Waals surface area contributed by atoms with Crippen molar-refractivity contribution in [3.63, 3.8) is 0 Å². The number of rotatable bonds is 6. The Labute approximate surface area is 205 Å². The summed E-state index contributed by atoms with van der Waals surface area (Å²) in [5.74, 6) is -0.0858. The molecule has 1 aliphatic heterocycles. The van der Waals surface area contributed by atoms with Crippen molar-refractivity contribution >= 4 is 38.3 Å². The standard InChI is InChI=1S/C23H21ClFN5O4S/c1-13-20-22(29-28-13)26-21(27-23(20)34-17-8-10-33-11-9-17)14-2-5-16(6-3-14)30-35(31,32)19-12-15(24)4-7-18(19)25/h2-7,12,17,30H,8-11H2,1H3,(H,26,27,28,29). The normalized spacial score (nSPS) is 14.8. The van der Waals surface area contributed by atoms with E-state index in [0.717, 1.165) is 30.7 Å². The number of benzene rings is 2. The van der Waals surface area contributed by atoms with Crippen molar-refractivity contribution in [2.24, 2.45) is 0 Å². The van der Waals surface area contributed by atoms with Gasteiger partial charge in [-0.05, 0) is 49.4 Å². The van der Waals surface area contributed by atoms with E-state index in [1.54, 1.807) is 12.1 Å². The molecule has 2 aromatic heterocycles. The Hall–Kier alpha value is -3.28. The predicted octanol–water partition coefficient (Wildman–Crippen LogP) is 4.48. The Kier molecular flexibility index (Phi) is 6.30. The van der Waals surface area contributed by atoms with Gasteiger partial charge in [0.25, 0.3) is 10.0 Å². The molecular formula is C23H21ClFN5O4S. The molecule has 0 saturated carbocycles. The Morgan fingerprint density at radius 1 is 1.14 bits per heavy atom. The van der Waals surface area contributed by atoms with Crippen molar-refractivity contribution in [2.75, 3.05) is 17.9 Å². The highest BCUT2D eigenvalue weighted by Gasteiger charge is 2.22. The number of aromatic nitrogens is 4. The van der Waals surface area contributed by atoms with Crippen LogP contribution in [0.15, 0.2) is 47.4 Å². The number of ether oxygens (including phenoxy) is 2. The zero-order chi connectivity index (χ0) is 24.6. The van der Waals surface area contributed by atoms with E-state index in [1.165, 1.54) is 18.2 Å². The van der Waals surface area contributed by atoms with Crippen LogP contribution in [-0.4, -0.2) is 47.9 Å². The van der Waals surface area contributed by atoms with Gasteiger partial charge in [-0.2, -0.15) is 10.1 Å². The predicted molar refractivity (Wildman–Crippen MR) is 129 cm³/mol. The SMILES string of the molecule is Cc1[nH]nc2nc(-c3ccc(NS(=O)(=O)c4cc(Cl)ccc4F)cc3)nc(OC3CCOCC3)c12. The summed E-state index contributed by atoms with van der Waals surface area (Å²) in [6.07, 6.45) is 1.51. The fourth-order valence-corrected chi connectivity index (χ4v) is 5.18. The molecule has 9 nitrogen and oxygen atoms in total. The van der Waals surface area contributed by atoms with Crippen LogP contribution >= 0.6 is 11.6 Å². The number of hydrogen-bond acceptors (Lipinski definition) is 7. The molecule has 1 fully saturated rings. The molecule has 0 radical (unpaired) electrons. The van der Waals surface area contributed by atoms with Gasteiger partial charge in [-0.1, -0.05) is 11.6 Å². The summed E-state index contributed by atoms with van der Waals surface area (Å²) in [4.78, 5) is 8.63. The first-order valence-electron chi connectivity index (χ1n) is 10.9. The second-order valence-corrected chi connectivity index (χ2v) is 10.2. The maximum Gasteiger partial charge on any atom is 0.264 e. The number of halogens is 2. The Morgan fingerprint density at radius 2 is 1.89 bits per heavy atom. The van der Waals surface area contributed by atoms with Crippen molar-refractivity contribution in [3.8, 4) is 17.3 Å². The number of anilines is 1. The second kappa shape index (κ2) is 9.40. The Bertz CT molecular complexity index is 1490. The lowest BCUT2D eigenvalue weighted by Crippen LogP contribution is -2.26. The van der Waals surface area contributed by atoms with Gasteiger partial charge in [-0.3, -0.25) is 9.82 Å². The monoisotopic (exact) mass is 517 g/mol. The minimum absolute atomic E-state index is 0.0207. The minimum Gasteiger partial charge on any atom is -0.474 e. The summed E-state index contributed by atoms with van der Waals surface area (Å²) in [5, 5.41) is 8.00. The molecule has 1 aliphatic rings. The number of aryl methyl sites for hydroxylation is 1. The summed E-state index contributed by atoms with van der Waals surface area (Å²) in [6.45, 7) is 3.14. The third-order valence-electron chi connectivity index (χ3n) is 5.59. The fraction of sp³-hybridized carbons (Fsp3) is 0.261. The summed E-state index contributed by atoms with van der Waals surface area (Å²) in [6, 6.07) is 9.74. The van der Waals surface area contributed by atoms with Crippen molar-refractivity contribution < 1.29 is 22.3 Å². The first-order chi connectivity index (χ1) is 16.8. The zero-order valence-electron chi connectivity index (χ0n) is 18.6. The van der Waals surface area contributed by atoms with Crippen LogP contribution in [-0.2, 0) is 14.8 Å². The van der Waals surface area contributed by atoms with Gasteiger partial charge in [0.2, 0.25) is 5.88 Å². The van der Waals surface area contributed by atoms with Gasteiger partial charge in [0.05, 0.1) is 13.2 Å². The molecule has 35 heavy (non-hydrogen) atoms. The van der Waals surface area contributed by atoms with Gasteiger partial charge in [0.15, 0.2) is 11.5 Å². The van der Waals surface area contributed by atoms with E-state index in [4.69, 9.17) is 21.1 Å². The van der Waals surface area contributed by atoms with E-state index in [9.17, 15) is 12.8 Å². The summed E-state index contributed by atoms with van der Waals surface area (Å²) in [7, 11) is -4.18. The van der Waals surface area contributed by atoms with Gasteiger partial charge >= 0.3 is 0 Å². The fourth-order valence-electron chi connectivity index (χ4n) is 3.78. The Morgan fingerprint density at radius 3 is 2.63 bits per heavy atom. The second-order valence-electron chi connectivity index (χ2n) is 8.09. The highest BCUT2D eigenvalue weighted by atomic mass is 35.5. The average molecular weight is 518 g/mol. The highest BCUT2D eigenvalue weighted by molar-refractivity contribution is 7.92. The van der Waals surface area contributed by atoms with Gasteiger partial charge in [0.1, 0.15) is 22.2 Å². The van der Waals surface area contributed by atoms with Crippen LogP contribution in [0.1, 0.15) is 18.5 Å². The lowest BCUT2D eigenvalue weighted by molar-refractivity contribution is 0.0244. The van der Waals surface area contributed by atoms with E-state index in [2.05, 4.69) is 24.9 Å². The van der Waals surface area contributed by atoms with E-state index < -0.39 is 20.7 Å². The van der Waals surface area contributed by atoms with Crippen molar-refractivity contribution in [1.29, 1.82) is 0 Å². The average Bonchev–Trinajstić information content (AvgIpc) is 3.22. The smallest absolute Gasteiger partial charge is 0.264 e. The van der Waals surface area contributed by atoms with Crippen molar-refractivity contribution in [2.45, 2.75) is 30.8 Å². The summed E-state index contributed by atoms with van der Waals surface area (Å²) >= 11 is 5.84. The zero-order valence-corrected chi connectivity index (χ0v) is 20.2. The molecule has 4 aromatic rings. The molecule has 0 aliphatic carbocycles. The first kappa shape index (κ1) is 23.5. The number of H-pyrrole nitrogens is 1. The van der Waals surface area contributed by atoms with E-state index in [-0.39, 0.29) is 16.8 Å². The van der Waals surface area contributed by atoms with E-state index in [1.807, 2.05) is 6.92 Å². The maximum atomic E-state index is 14.1. The van der Waals surface area contributed by atoms with Crippen LogP contribution in [0.3, 0.4) is 0 Å². The molecule has 3 heterocycles. The van der Waals surface area contributed by atoms with Crippen LogP contribution in [0.4, 0.5) is 10.1 Å². The number of fused-ring (bicyclic) bond motifs is 1. The van der Waals surface area contributed by atoms with E-state index in [0.29, 0.717) is 41.5 Å². The molecule has 2 aromatic carbocycles. The third-order valence-corrected chi connectivity index (χ3v) is 7.22. The molecule has 1 saturated heterocycles. The lowest BCUT2D eigenvalue weighted by Gasteiger charge is -2.23. The summed E-state index contributed by atoms with van der Waals surface area (Å²) in [5.41, 5.74) is 2.13. The Balaban J connectivity index is 1.43. The molecule has 0 atom stereocenters. The lowest BCUT2D eigenvalue weighted by atomic mass is 10.1. The van der Waals surface area contributed by atoms with Crippen LogP contribution in [0.2, 0.25) is 5.02 Å². The molecule has 0 spiro atoms. The third kappa shape index (κ3) is 4.93. The molecular weight excluding hydrogens is 497 g/mol. The minimum atomic E-state index is -4.18. The van der Waals surface area contributed by atoms with Crippen LogP contribution < -0.4 is 9.46 Å².